The Bertz CT molecular complexity index is 652. The lowest BCUT2D eigenvalue weighted by Crippen LogP contribution is -2.21. The van der Waals surface area contributed by atoms with E-state index in [1.54, 1.807) is 0 Å². The Balaban J connectivity index is 4.20. The predicted molar refractivity (Wildman–Crippen MR) is 117 cm³/mol. The Labute approximate surface area is 162 Å². The molecule has 148 valence electrons. The van der Waals surface area contributed by atoms with Crippen molar-refractivity contribution in [2.24, 2.45) is 11.8 Å². The van der Waals surface area contributed by atoms with Crippen LogP contribution >= 0.6 is 0 Å². The Morgan fingerprint density at radius 1 is 0.885 bits per heavy atom. The van der Waals surface area contributed by atoms with Gasteiger partial charge >= 0.3 is 0 Å². The summed E-state index contributed by atoms with van der Waals surface area (Å²) in [6.07, 6.45) is 0.902. The number of phenolic OH excluding ortho intramolecular Hbond substituents is 1. The number of aromatic hydroxyl groups is 1. The van der Waals surface area contributed by atoms with Gasteiger partial charge in [-0.1, -0.05) is 82.7 Å². The number of hydrogen-bond donors (Lipinski definition) is 1. The van der Waals surface area contributed by atoms with Crippen molar-refractivity contribution in [2.45, 2.75) is 99.8 Å². The fraction of sp³-hybridized carbons (Fsp3) is 0.680. The highest BCUT2D eigenvalue weighted by molar-refractivity contribution is 5.77. The summed E-state index contributed by atoms with van der Waals surface area (Å²) in [5, 5.41) is 11.4. The molecule has 1 aromatic carbocycles. The molecular weight excluding hydrogens is 316 g/mol. The zero-order chi connectivity index (χ0) is 20.6. The molecule has 0 fully saturated rings. The lowest BCUT2D eigenvalue weighted by atomic mass is 9.70. The molecule has 0 atom stereocenters. The zero-order valence-corrected chi connectivity index (χ0v) is 19.2. The van der Waals surface area contributed by atoms with Gasteiger partial charge in [-0.3, -0.25) is 0 Å². The van der Waals surface area contributed by atoms with Crippen molar-refractivity contribution in [3.05, 3.63) is 34.4 Å². The number of allylic oxidation sites excluding steroid dienone is 1. The number of hydrogen-bond acceptors (Lipinski definition) is 1. The third kappa shape index (κ3) is 4.53. The number of phenols is 1. The summed E-state index contributed by atoms with van der Waals surface area (Å²) in [4.78, 5) is 0. The van der Waals surface area contributed by atoms with E-state index in [0.29, 0.717) is 29.4 Å². The quantitative estimate of drug-likeness (QED) is 0.550. The average molecular weight is 359 g/mol. The minimum atomic E-state index is -0.114. The highest BCUT2D eigenvalue weighted by atomic mass is 16.3. The summed E-state index contributed by atoms with van der Waals surface area (Å²) in [7, 11) is 0. The van der Waals surface area contributed by atoms with Crippen molar-refractivity contribution in [1.82, 2.24) is 0 Å². The van der Waals surface area contributed by atoms with Gasteiger partial charge in [-0.2, -0.15) is 0 Å². The van der Waals surface area contributed by atoms with Gasteiger partial charge in [-0.15, -0.1) is 0 Å². The van der Waals surface area contributed by atoms with Gasteiger partial charge in [0.25, 0.3) is 0 Å². The second kappa shape index (κ2) is 8.19. The second-order valence-electron chi connectivity index (χ2n) is 10.2. The Morgan fingerprint density at radius 3 is 1.65 bits per heavy atom. The summed E-state index contributed by atoms with van der Waals surface area (Å²) >= 11 is 0. The van der Waals surface area contributed by atoms with Crippen molar-refractivity contribution in [1.29, 1.82) is 0 Å². The minimum Gasteiger partial charge on any atom is -0.507 e. The van der Waals surface area contributed by atoms with Crippen LogP contribution in [0.5, 0.6) is 5.75 Å². The van der Waals surface area contributed by atoms with Gasteiger partial charge in [0.1, 0.15) is 5.75 Å². The first-order chi connectivity index (χ1) is 11.7. The van der Waals surface area contributed by atoms with Crippen molar-refractivity contribution in [2.75, 3.05) is 0 Å². The molecule has 0 aliphatic carbocycles. The molecule has 1 rings (SSSR count). The smallest absolute Gasteiger partial charge is 0.123 e. The van der Waals surface area contributed by atoms with E-state index in [0.717, 1.165) is 17.5 Å². The maximum atomic E-state index is 11.4. The first-order valence-corrected chi connectivity index (χ1v) is 10.3. The molecule has 0 radical (unpaired) electrons. The first kappa shape index (κ1) is 22.8. The van der Waals surface area contributed by atoms with Crippen molar-refractivity contribution in [3.63, 3.8) is 0 Å². The SMILES string of the molecule is C=C(c1c(C(C)C)c(CC(C)C)c(O)c(C(C)(C)C)c1C(C)C)C(C)C. The maximum Gasteiger partial charge on any atom is 0.123 e. The maximum absolute atomic E-state index is 11.4. The molecule has 0 saturated heterocycles. The standard InChI is InChI=1S/C25H42O/c1-14(2)13-19-20(16(5)6)22(18(9)15(3)4)21(17(7)8)23(24(19)26)25(10,11)12/h14-17,26H,9,13H2,1-8,10-12H3. The van der Waals surface area contributed by atoms with Crippen LogP contribution in [0.4, 0.5) is 0 Å². The lowest BCUT2D eigenvalue weighted by molar-refractivity contribution is 0.429. The third-order valence-electron chi connectivity index (χ3n) is 5.19. The van der Waals surface area contributed by atoms with E-state index >= 15 is 0 Å². The Morgan fingerprint density at radius 2 is 1.35 bits per heavy atom. The number of rotatable bonds is 6. The molecular formula is C25H42O. The number of benzene rings is 1. The molecule has 0 saturated carbocycles. The van der Waals surface area contributed by atoms with E-state index in [9.17, 15) is 5.11 Å². The van der Waals surface area contributed by atoms with E-state index in [1.807, 2.05) is 0 Å². The Kier molecular flexibility index (Phi) is 7.18. The molecule has 0 aromatic heterocycles. The third-order valence-corrected chi connectivity index (χ3v) is 5.19. The van der Waals surface area contributed by atoms with Crippen LogP contribution in [0.1, 0.15) is 116 Å². The van der Waals surface area contributed by atoms with E-state index in [1.165, 1.54) is 22.3 Å². The fourth-order valence-electron chi connectivity index (χ4n) is 4.05. The lowest BCUT2D eigenvalue weighted by Gasteiger charge is -2.34. The van der Waals surface area contributed by atoms with E-state index < -0.39 is 0 Å². The van der Waals surface area contributed by atoms with Gasteiger partial charge in [0.05, 0.1) is 0 Å². The fourth-order valence-corrected chi connectivity index (χ4v) is 4.05. The van der Waals surface area contributed by atoms with Gasteiger partial charge in [0, 0.05) is 5.56 Å². The molecule has 0 unspecified atom stereocenters. The normalized spacial score (nSPS) is 12.7. The molecule has 0 bridgehead atoms. The zero-order valence-electron chi connectivity index (χ0n) is 19.2. The molecule has 0 aliphatic heterocycles. The van der Waals surface area contributed by atoms with E-state index in [4.69, 9.17) is 0 Å². The van der Waals surface area contributed by atoms with Gasteiger partial charge in [-0.05, 0) is 63.3 Å². The topological polar surface area (TPSA) is 20.2 Å². The van der Waals surface area contributed by atoms with Crippen LogP contribution in [-0.4, -0.2) is 5.11 Å². The summed E-state index contributed by atoms with van der Waals surface area (Å²) < 4.78 is 0. The molecule has 26 heavy (non-hydrogen) atoms. The molecule has 0 aliphatic rings. The molecule has 0 heterocycles. The van der Waals surface area contributed by atoms with Crippen molar-refractivity contribution in [3.8, 4) is 5.75 Å². The summed E-state index contributed by atoms with van der Waals surface area (Å²) in [5.41, 5.74) is 7.27. The monoisotopic (exact) mass is 358 g/mol. The summed E-state index contributed by atoms with van der Waals surface area (Å²) in [6, 6.07) is 0. The summed E-state index contributed by atoms with van der Waals surface area (Å²) in [5.74, 6) is 2.10. The highest BCUT2D eigenvalue weighted by Crippen LogP contribution is 2.48. The van der Waals surface area contributed by atoms with Crippen LogP contribution in [0.25, 0.3) is 5.57 Å². The van der Waals surface area contributed by atoms with Crippen LogP contribution in [0, 0.1) is 11.8 Å². The minimum absolute atomic E-state index is 0.114. The van der Waals surface area contributed by atoms with Gasteiger partial charge in [-0.25, -0.2) is 0 Å². The molecule has 0 spiro atoms. The molecule has 0 amide bonds. The van der Waals surface area contributed by atoms with Crippen molar-refractivity contribution < 1.29 is 5.11 Å². The molecule has 1 N–H and O–H groups in total. The predicted octanol–water partition coefficient (Wildman–Crippen LogP) is 7.80. The van der Waals surface area contributed by atoms with Gasteiger partial charge in [0.2, 0.25) is 0 Å². The van der Waals surface area contributed by atoms with Crippen LogP contribution in [-0.2, 0) is 11.8 Å². The largest absolute Gasteiger partial charge is 0.507 e. The summed E-state index contributed by atoms with van der Waals surface area (Å²) in [6.45, 7) is 29.0. The van der Waals surface area contributed by atoms with Crippen LogP contribution in [0.3, 0.4) is 0 Å². The second-order valence-corrected chi connectivity index (χ2v) is 10.2. The highest BCUT2D eigenvalue weighted by Gasteiger charge is 2.33. The van der Waals surface area contributed by atoms with E-state index in [2.05, 4.69) is 82.7 Å². The first-order valence-electron chi connectivity index (χ1n) is 10.3. The van der Waals surface area contributed by atoms with Crippen LogP contribution in [0.15, 0.2) is 6.58 Å². The Hall–Kier alpha value is -1.24. The molecule has 1 aromatic rings. The van der Waals surface area contributed by atoms with Gasteiger partial charge < -0.3 is 5.11 Å². The van der Waals surface area contributed by atoms with Crippen LogP contribution < -0.4 is 0 Å². The van der Waals surface area contributed by atoms with Gasteiger partial charge in [0.15, 0.2) is 0 Å². The van der Waals surface area contributed by atoms with E-state index in [-0.39, 0.29) is 5.41 Å². The molecule has 1 nitrogen and oxygen atoms in total. The van der Waals surface area contributed by atoms with Crippen molar-refractivity contribution >= 4 is 5.57 Å². The average Bonchev–Trinajstić information content (AvgIpc) is 2.44. The molecule has 1 heteroatoms. The van der Waals surface area contributed by atoms with Crippen LogP contribution in [0.2, 0.25) is 0 Å².